The van der Waals surface area contributed by atoms with E-state index in [1.165, 1.54) is 19.3 Å². The Morgan fingerprint density at radius 2 is 1.27 bits per heavy atom. The lowest BCUT2D eigenvalue weighted by Crippen LogP contribution is -2.09. The second-order valence-corrected chi connectivity index (χ2v) is 4.88. The van der Waals surface area contributed by atoms with Crippen molar-refractivity contribution in [2.45, 2.75) is 66.1 Å². The van der Waals surface area contributed by atoms with Crippen molar-refractivity contribution in [1.82, 2.24) is 0 Å². The van der Waals surface area contributed by atoms with Crippen LogP contribution in [0, 0.1) is 5.92 Å². The van der Waals surface area contributed by atoms with Gasteiger partial charge in [0.15, 0.2) is 0 Å². The summed E-state index contributed by atoms with van der Waals surface area (Å²) >= 11 is 0. The van der Waals surface area contributed by atoms with Gasteiger partial charge in [0.1, 0.15) is 0 Å². The molecule has 1 atom stereocenters. The van der Waals surface area contributed by atoms with Gasteiger partial charge in [0.25, 0.3) is 0 Å². The van der Waals surface area contributed by atoms with Crippen molar-refractivity contribution in [2.75, 3.05) is 13.2 Å². The summed E-state index contributed by atoms with van der Waals surface area (Å²) in [6, 6.07) is 0. The maximum absolute atomic E-state index is 5.53. The molecular formula is C13H28O2. The summed E-state index contributed by atoms with van der Waals surface area (Å²) < 4.78 is 11.0. The van der Waals surface area contributed by atoms with Crippen molar-refractivity contribution < 1.29 is 9.47 Å². The first kappa shape index (κ1) is 14.9. The fourth-order valence-electron chi connectivity index (χ4n) is 1.40. The molecule has 0 saturated carbocycles. The molecule has 0 aromatic rings. The van der Waals surface area contributed by atoms with Crippen molar-refractivity contribution in [3.8, 4) is 0 Å². The monoisotopic (exact) mass is 216 g/mol. The molecule has 15 heavy (non-hydrogen) atoms. The largest absolute Gasteiger partial charge is 0.379 e. The van der Waals surface area contributed by atoms with Crippen LogP contribution in [0.5, 0.6) is 0 Å². The minimum atomic E-state index is 0.362. The molecule has 0 spiro atoms. The van der Waals surface area contributed by atoms with Gasteiger partial charge in [0, 0.05) is 13.2 Å². The molecule has 0 rings (SSSR count). The van der Waals surface area contributed by atoms with Gasteiger partial charge in [-0.25, -0.2) is 0 Å². The van der Waals surface area contributed by atoms with Gasteiger partial charge in [-0.3, -0.25) is 0 Å². The lowest BCUT2D eigenvalue weighted by Gasteiger charge is -2.13. The first-order valence-electron chi connectivity index (χ1n) is 6.25. The smallest absolute Gasteiger partial charge is 0.0518 e. The first-order chi connectivity index (χ1) is 7.02. The van der Waals surface area contributed by atoms with Crippen LogP contribution >= 0.6 is 0 Å². The van der Waals surface area contributed by atoms with Crippen LogP contribution in [0.2, 0.25) is 0 Å². The highest BCUT2D eigenvalue weighted by Crippen LogP contribution is 2.11. The zero-order valence-corrected chi connectivity index (χ0v) is 11.1. The van der Waals surface area contributed by atoms with E-state index in [0.717, 1.165) is 19.1 Å². The molecule has 0 amide bonds. The van der Waals surface area contributed by atoms with Crippen LogP contribution in [0.1, 0.15) is 53.9 Å². The van der Waals surface area contributed by atoms with Gasteiger partial charge in [-0.15, -0.1) is 0 Å². The second kappa shape index (κ2) is 9.17. The number of hydrogen-bond acceptors (Lipinski definition) is 2. The summed E-state index contributed by atoms with van der Waals surface area (Å²) in [4.78, 5) is 0. The molecule has 0 aliphatic rings. The molecular weight excluding hydrogens is 188 g/mol. The minimum absolute atomic E-state index is 0.362. The predicted octanol–water partition coefficient (Wildman–Crippen LogP) is 3.64. The van der Waals surface area contributed by atoms with Gasteiger partial charge in [-0.2, -0.15) is 0 Å². The third-order valence-electron chi connectivity index (χ3n) is 2.35. The molecule has 0 saturated heterocycles. The quantitative estimate of drug-likeness (QED) is 0.548. The fourth-order valence-corrected chi connectivity index (χ4v) is 1.40. The van der Waals surface area contributed by atoms with E-state index in [0.29, 0.717) is 12.2 Å². The molecule has 2 nitrogen and oxygen atoms in total. The molecule has 0 fully saturated rings. The standard InChI is InChI=1S/C13H28O2/c1-11(2)14-9-6-7-13(5)8-10-15-12(3)4/h11-13H,6-10H2,1-5H3/t13-/m1/s1. The Kier molecular flexibility index (Phi) is 9.12. The van der Waals surface area contributed by atoms with E-state index in [2.05, 4.69) is 34.6 Å². The lowest BCUT2D eigenvalue weighted by molar-refractivity contribution is 0.0612. The van der Waals surface area contributed by atoms with Crippen LogP contribution in [0.3, 0.4) is 0 Å². The van der Waals surface area contributed by atoms with Gasteiger partial charge in [0.2, 0.25) is 0 Å². The molecule has 0 aliphatic carbocycles. The minimum Gasteiger partial charge on any atom is -0.379 e. The van der Waals surface area contributed by atoms with Crippen molar-refractivity contribution >= 4 is 0 Å². The van der Waals surface area contributed by atoms with E-state index in [-0.39, 0.29) is 0 Å². The van der Waals surface area contributed by atoms with E-state index in [9.17, 15) is 0 Å². The SMILES string of the molecule is CC(C)OCCC[C@@H](C)CCOC(C)C. The maximum atomic E-state index is 5.53. The Morgan fingerprint density at radius 3 is 1.80 bits per heavy atom. The third-order valence-corrected chi connectivity index (χ3v) is 2.35. The van der Waals surface area contributed by atoms with Crippen molar-refractivity contribution in [2.24, 2.45) is 5.92 Å². The van der Waals surface area contributed by atoms with E-state index in [1.54, 1.807) is 0 Å². The average molecular weight is 216 g/mol. The van der Waals surface area contributed by atoms with Crippen molar-refractivity contribution in [1.29, 1.82) is 0 Å². The molecule has 0 radical (unpaired) electrons. The van der Waals surface area contributed by atoms with E-state index >= 15 is 0 Å². The molecule has 2 heteroatoms. The normalized spacial score (nSPS) is 13.8. The van der Waals surface area contributed by atoms with Gasteiger partial charge < -0.3 is 9.47 Å². The highest BCUT2D eigenvalue weighted by atomic mass is 16.5. The number of hydrogen-bond donors (Lipinski definition) is 0. The van der Waals surface area contributed by atoms with Gasteiger partial charge in [-0.05, 0) is 52.9 Å². The molecule has 0 heterocycles. The Bertz CT molecular complexity index is 132. The summed E-state index contributed by atoms with van der Waals surface area (Å²) in [5.74, 6) is 0.750. The van der Waals surface area contributed by atoms with Crippen LogP contribution < -0.4 is 0 Å². The van der Waals surface area contributed by atoms with Crippen molar-refractivity contribution in [3.05, 3.63) is 0 Å². The maximum Gasteiger partial charge on any atom is 0.0518 e. The Labute approximate surface area is 95.3 Å². The van der Waals surface area contributed by atoms with E-state index in [4.69, 9.17) is 9.47 Å². The number of rotatable bonds is 9. The Hall–Kier alpha value is -0.0800. The summed E-state index contributed by atoms with van der Waals surface area (Å²) in [6.45, 7) is 12.4. The zero-order chi connectivity index (χ0) is 11.7. The molecule has 0 aromatic carbocycles. The summed E-state index contributed by atoms with van der Waals surface area (Å²) in [5.41, 5.74) is 0. The van der Waals surface area contributed by atoms with E-state index < -0.39 is 0 Å². The molecule has 0 aliphatic heterocycles. The van der Waals surface area contributed by atoms with Gasteiger partial charge in [-0.1, -0.05) is 6.92 Å². The first-order valence-corrected chi connectivity index (χ1v) is 6.25. The Balaban J connectivity index is 3.22. The third kappa shape index (κ3) is 11.8. The van der Waals surface area contributed by atoms with Crippen LogP contribution in [-0.4, -0.2) is 25.4 Å². The average Bonchev–Trinajstić information content (AvgIpc) is 2.11. The summed E-state index contributed by atoms with van der Waals surface area (Å²) in [5, 5.41) is 0. The topological polar surface area (TPSA) is 18.5 Å². The van der Waals surface area contributed by atoms with Crippen LogP contribution in [0.4, 0.5) is 0 Å². The summed E-state index contributed by atoms with van der Waals surface area (Å²) in [7, 11) is 0. The highest BCUT2D eigenvalue weighted by Gasteiger charge is 2.03. The van der Waals surface area contributed by atoms with Crippen LogP contribution in [-0.2, 0) is 9.47 Å². The number of ether oxygens (including phenoxy) is 2. The fraction of sp³-hybridized carbons (Fsp3) is 1.00. The van der Waals surface area contributed by atoms with Gasteiger partial charge >= 0.3 is 0 Å². The molecule has 0 N–H and O–H groups in total. The highest BCUT2D eigenvalue weighted by molar-refractivity contribution is 4.53. The second-order valence-electron chi connectivity index (χ2n) is 4.88. The van der Waals surface area contributed by atoms with Crippen LogP contribution in [0.15, 0.2) is 0 Å². The van der Waals surface area contributed by atoms with Gasteiger partial charge in [0.05, 0.1) is 12.2 Å². The predicted molar refractivity (Wildman–Crippen MR) is 65.2 cm³/mol. The van der Waals surface area contributed by atoms with Crippen molar-refractivity contribution in [3.63, 3.8) is 0 Å². The lowest BCUT2D eigenvalue weighted by atomic mass is 10.0. The van der Waals surface area contributed by atoms with E-state index in [1.807, 2.05) is 0 Å². The molecule has 0 bridgehead atoms. The molecule has 92 valence electrons. The molecule has 0 aromatic heterocycles. The van der Waals surface area contributed by atoms with Crippen LogP contribution in [0.25, 0.3) is 0 Å². The zero-order valence-electron chi connectivity index (χ0n) is 11.1. The summed E-state index contributed by atoms with van der Waals surface area (Å²) in [6.07, 6.45) is 4.31. The molecule has 0 unspecified atom stereocenters. The Morgan fingerprint density at radius 1 is 0.733 bits per heavy atom.